The van der Waals surface area contributed by atoms with Crippen molar-refractivity contribution >= 4 is 21.8 Å². The van der Waals surface area contributed by atoms with Gasteiger partial charge in [-0.1, -0.05) is 22.0 Å². The van der Waals surface area contributed by atoms with Crippen molar-refractivity contribution in [1.29, 1.82) is 0 Å². The Balaban J connectivity index is 2.49. The fraction of sp³-hybridized carbons (Fsp3) is 0.533. The van der Waals surface area contributed by atoms with Gasteiger partial charge in [0.2, 0.25) is 5.91 Å². The molecule has 0 bridgehead atoms. The molecule has 0 saturated heterocycles. The summed E-state index contributed by atoms with van der Waals surface area (Å²) in [4.78, 5) is 11.6. The minimum Gasteiger partial charge on any atom is -0.491 e. The van der Waals surface area contributed by atoms with Crippen LogP contribution < -0.4 is 10.1 Å². The maximum Gasteiger partial charge on any atom is 0.236 e. The largest absolute Gasteiger partial charge is 0.491 e. The molecular weight excluding hydrogens is 306 g/mol. The van der Waals surface area contributed by atoms with Crippen LogP contribution in [0.25, 0.3) is 0 Å². The second kappa shape index (κ2) is 6.42. The molecule has 0 fully saturated rings. The Morgan fingerprint density at radius 2 is 1.95 bits per heavy atom. The number of carbonyl (C=O) groups excluding carboxylic acids is 1. The maximum atomic E-state index is 11.6. The predicted octanol–water partition coefficient (Wildman–Crippen LogP) is 3.28. The van der Waals surface area contributed by atoms with E-state index in [0.717, 1.165) is 11.3 Å². The van der Waals surface area contributed by atoms with Crippen LogP contribution in [0.2, 0.25) is 0 Å². The molecule has 106 valence electrons. The number of halogens is 1. The van der Waals surface area contributed by atoms with Crippen LogP contribution in [-0.2, 0) is 4.79 Å². The van der Waals surface area contributed by atoms with E-state index in [1.54, 1.807) is 0 Å². The number of rotatable bonds is 5. The van der Waals surface area contributed by atoms with Gasteiger partial charge < -0.3 is 10.1 Å². The highest BCUT2D eigenvalue weighted by Crippen LogP contribution is 2.23. The Hall–Kier alpha value is -1.03. The lowest BCUT2D eigenvalue weighted by Crippen LogP contribution is -2.39. The molecule has 1 rings (SSSR count). The molecule has 0 heterocycles. The molecule has 0 aromatic heterocycles. The predicted molar refractivity (Wildman–Crippen MR) is 82.2 cm³/mol. The number of ether oxygens (including phenoxy) is 1. The number of alkyl halides is 1. The first-order chi connectivity index (χ1) is 8.71. The zero-order valence-electron chi connectivity index (χ0n) is 12.3. The van der Waals surface area contributed by atoms with Crippen LogP contribution in [0, 0.1) is 20.8 Å². The Morgan fingerprint density at radius 1 is 1.32 bits per heavy atom. The summed E-state index contributed by atoms with van der Waals surface area (Å²) in [5.41, 5.74) is 3.56. The van der Waals surface area contributed by atoms with Gasteiger partial charge in [0.15, 0.2) is 0 Å². The van der Waals surface area contributed by atoms with E-state index in [1.807, 2.05) is 26.8 Å². The zero-order valence-corrected chi connectivity index (χ0v) is 13.8. The Labute approximate surface area is 123 Å². The molecule has 1 aromatic rings. The lowest BCUT2D eigenvalue weighted by Gasteiger charge is -2.17. The molecular formula is C15H22BrNO2. The molecule has 0 radical (unpaired) electrons. The number of amides is 1. The molecule has 1 aromatic carbocycles. The van der Waals surface area contributed by atoms with Crippen molar-refractivity contribution in [3.8, 4) is 5.75 Å². The van der Waals surface area contributed by atoms with E-state index in [4.69, 9.17) is 4.74 Å². The van der Waals surface area contributed by atoms with Gasteiger partial charge in [-0.3, -0.25) is 4.79 Å². The van der Waals surface area contributed by atoms with Gasteiger partial charge in [-0.25, -0.2) is 0 Å². The first-order valence-electron chi connectivity index (χ1n) is 6.39. The third kappa shape index (κ3) is 4.86. The molecule has 1 amide bonds. The summed E-state index contributed by atoms with van der Waals surface area (Å²) in [5, 5.41) is 2.83. The van der Waals surface area contributed by atoms with Crippen LogP contribution in [0.5, 0.6) is 5.75 Å². The van der Waals surface area contributed by atoms with Crippen molar-refractivity contribution in [3.05, 3.63) is 28.8 Å². The molecule has 0 unspecified atom stereocenters. The fourth-order valence-electron chi connectivity index (χ4n) is 1.69. The SMILES string of the molecule is Cc1cc(C)c(C)c(OCCNC(=O)C(C)(C)Br)c1. The van der Waals surface area contributed by atoms with Crippen LogP contribution in [0.15, 0.2) is 12.1 Å². The van der Waals surface area contributed by atoms with Crippen molar-refractivity contribution in [1.82, 2.24) is 5.32 Å². The molecule has 0 aliphatic carbocycles. The topological polar surface area (TPSA) is 38.3 Å². The number of carbonyl (C=O) groups is 1. The highest BCUT2D eigenvalue weighted by Gasteiger charge is 2.22. The van der Waals surface area contributed by atoms with Crippen LogP contribution in [0.4, 0.5) is 0 Å². The van der Waals surface area contributed by atoms with Gasteiger partial charge in [0.1, 0.15) is 12.4 Å². The summed E-state index contributed by atoms with van der Waals surface area (Å²) in [6.07, 6.45) is 0. The summed E-state index contributed by atoms with van der Waals surface area (Å²) in [6.45, 7) is 10.8. The van der Waals surface area contributed by atoms with E-state index < -0.39 is 4.32 Å². The van der Waals surface area contributed by atoms with Crippen LogP contribution in [0.3, 0.4) is 0 Å². The summed E-state index contributed by atoms with van der Waals surface area (Å²) < 4.78 is 5.19. The highest BCUT2D eigenvalue weighted by molar-refractivity contribution is 9.10. The molecule has 3 nitrogen and oxygen atoms in total. The van der Waals surface area contributed by atoms with Crippen molar-refractivity contribution in [2.45, 2.75) is 38.9 Å². The molecule has 0 atom stereocenters. The van der Waals surface area contributed by atoms with Crippen LogP contribution in [0.1, 0.15) is 30.5 Å². The molecule has 19 heavy (non-hydrogen) atoms. The summed E-state index contributed by atoms with van der Waals surface area (Å²) in [5.74, 6) is 0.859. The summed E-state index contributed by atoms with van der Waals surface area (Å²) in [6, 6.07) is 4.16. The van der Waals surface area contributed by atoms with E-state index in [2.05, 4.69) is 41.2 Å². The fourth-order valence-corrected chi connectivity index (χ4v) is 1.83. The monoisotopic (exact) mass is 327 g/mol. The van der Waals surface area contributed by atoms with Crippen molar-refractivity contribution in [2.24, 2.45) is 0 Å². The van der Waals surface area contributed by atoms with Crippen LogP contribution >= 0.6 is 15.9 Å². The van der Waals surface area contributed by atoms with Crippen molar-refractivity contribution in [3.63, 3.8) is 0 Å². The standard InChI is InChI=1S/C15H22BrNO2/c1-10-8-11(2)12(3)13(9-10)19-7-6-17-14(18)15(4,5)16/h8-9H,6-7H2,1-5H3,(H,17,18). The molecule has 1 N–H and O–H groups in total. The van der Waals surface area contributed by atoms with Gasteiger partial charge in [-0.15, -0.1) is 0 Å². The normalized spacial score (nSPS) is 11.3. The second-order valence-corrected chi connectivity index (χ2v) is 7.26. The van der Waals surface area contributed by atoms with Gasteiger partial charge in [-0.05, 0) is 57.4 Å². The molecule has 0 aliphatic rings. The number of hydrogen-bond donors (Lipinski definition) is 1. The van der Waals surface area contributed by atoms with Gasteiger partial charge >= 0.3 is 0 Å². The van der Waals surface area contributed by atoms with E-state index >= 15 is 0 Å². The van der Waals surface area contributed by atoms with E-state index in [0.29, 0.717) is 13.2 Å². The average molecular weight is 328 g/mol. The quantitative estimate of drug-likeness (QED) is 0.665. The van der Waals surface area contributed by atoms with E-state index in [-0.39, 0.29) is 5.91 Å². The van der Waals surface area contributed by atoms with E-state index in [1.165, 1.54) is 11.1 Å². The lowest BCUT2D eigenvalue weighted by molar-refractivity contribution is -0.122. The van der Waals surface area contributed by atoms with Crippen molar-refractivity contribution in [2.75, 3.05) is 13.2 Å². The highest BCUT2D eigenvalue weighted by atomic mass is 79.9. The lowest BCUT2D eigenvalue weighted by atomic mass is 10.1. The van der Waals surface area contributed by atoms with Gasteiger partial charge in [0.25, 0.3) is 0 Å². The van der Waals surface area contributed by atoms with Crippen molar-refractivity contribution < 1.29 is 9.53 Å². The molecule has 4 heteroatoms. The number of benzene rings is 1. The van der Waals surface area contributed by atoms with Gasteiger partial charge in [0.05, 0.1) is 10.9 Å². The third-order valence-electron chi connectivity index (χ3n) is 2.95. The van der Waals surface area contributed by atoms with Crippen LogP contribution in [-0.4, -0.2) is 23.4 Å². The average Bonchev–Trinajstić information content (AvgIpc) is 2.28. The first-order valence-corrected chi connectivity index (χ1v) is 7.19. The number of nitrogens with one attached hydrogen (secondary N) is 1. The molecule has 0 spiro atoms. The summed E-state index contributed by atoms with van der Waals surface area (Å²) >= 11 is 3.32. The smallest absolute Gasteiger partial charge is 0.236 e. The third-order valence-corrected chi connectivity index (χ3v) is 3.31. The second-order valence-electron chi connectivity index (χ2n) is 5.28. The Morgan fingerprint density at radius 3 is 2.53 bits per heavy atom. The maximum absolute atomic E-state index is 11.6. The zero-order chi connectivity index (χ0) is 14.6. The first kappa shape index (κ1) is 16.0. The van der Waals surface area contributed by atoms with Gasteiger partial charge in [-0.2, -0.15) is 0 Å². The van der Waals surface area contributed by atoms with Gasteiger partial charge in [0, 0.05) is 0 Å². The van der Waals surface area contributed by atoms with E-state index in [9.17, 15) is 4.79 Å². The minimum atomic E-state index is -0.539. The minimum absolute atomic E-state index is 0.0340. The number of hydrogen-bond acceptors (Lipinski definition) is 2. The summed E-state index contributed by atoms with van der Waals surface area (Å²) in [7, 11) is 0. The molecule has 0 aliphatic heterocycles. The molecule has 0 saturated carbocycles. The Bertz CT molecular complexity index is 464. The number of aryl methyl sites for hydroxylation is 2. The Kier molecular flexibility index (Phi) is 5.41.